The largest absolute Gasteiger partial charge is 0.583 e. The number of fused-ring (bicyclic) bond motifs is 2. The number of rotatable bonds is 7. The Hall–Kier alpha value is -4.04. The Labute approximate surface area is 248 Å². The summed E-state index contributed by atoms with van der Waals surface area (Å²) in [7, 11) is -1.10. The Bertz CT molecular complexity index is 1670. The van der Waals surface area contributed by atoms with Crippen molar-refractivity contribution in [2.24, 2.45) is 10.6 Å². The molecule has 1 N–H and O–H groups in total. The predicted molar refractivity (Wildman–Crippen MR) is 171 cm³/mol. The lowest BCUT2D eigenvalue weighted by atomic mass is 9.75. The van der Waals surface area contributed by atoms with Gasteiger partial charge in [0.05, 0.1) is 17.2 Å². The first kappa shape index (κ1) is 29.5. The van der Waals surface area contributed by atoms with Crippen molar-refractivity contribution in [3.8, 4) is 0 Å². The lowest BCUT2D eigenvalue weighted by Crippen LogP contribution is -2.38. The maximum atomic E-state index is 13.7. The monoisotopic (exact) mass is 566 g/mol. The Kier molecular flexibility index (Phi) is 8.20. The molecule has 1 fully saturated rings. The second-order valence-electron chi connectivity index (χ2n) is 12.0. The summed E-state index contributed by atoms with van der Waals surface area (Å²) < 4.78 is 18.2. The molecule has 7 nitrogen and oxygen atoms in total. The number of aryl methyl sites for hydroxylation is 1. The Balaban J connectivity index is 1.57. The van der Waals surface area contributed by atoms with Crippen LogP contribution in [0.15, 0.2) is 75.3 Å². The smallest absolute Gasteiger partial charge is 0.485 e. The molecule has 2 aliphatic heterocycles. The highest BCUT2D eigenvalue weighted by Gasteiger charge is 2.29. The minimum Gasteiger partial charge on any atom is -0.485 e. The van der Waals surface area contributed by atoms with E-state index in [4.69, 9.17) is 13.9 Å². The lowest BCUT2D eigenvalue weighted by molar-refractivity contribution is 0.145. The zero-order chi connectivity index (χ0) is 30.2. The highest BCUT2D eigenvalue weighted by molar-refractivity contribution is 6.62. The van der Waals surface area contributed by atoms with Crippen LogP contribution in [-0.4, -0.2) is 31.4 Å². The van der Waals surface area contributed by atoms with Gasteiger partial charge in [-0.3, -0.25) is 4.79 Å². The molecule has 1 saturated heterocycles. The van der Waals surface area contributed by atoms with Gasteiger partial charge in [-0.05, 0) is 86.9 Å². The summed E-state index contributed by atoms with van der Waals surface area (Å²) in [6, 6.07) is 9.57. The minimum absolute atomic E-state index is 0.00822. The number of piperidine rings is 1. The number of hydrogen-bond acceptors (Lipinski definition) is 7. The van der Waals surface area contributed by atoms with Crippen LogP contribution in [0, 0.1) is 19.3 Å². The topological polar surface area (TPSA) is 84.5 Å². The molecule has 5 rings (SSSR count). The third-order valence-corrected chi connectivity index (χ3v) is 8.32. The van der Waals surface area contributed by atoms with Gasteiger partial charge in [0.2, 0.25) is 5.88 Å². The molecule has 0 bridgehead atoms. The van der Waals surface area contributed by atoms with Gasteiger partial charge in [0, 0.05) is 29.7 Å². The first-order chi connectivity index (χ1) is 20.0. The molecular weight excluding hydrogens is 527 g/mol. The number of allylic oxidation sites excluding steroid dienone is 4. The van der Waals surface area contributed by atoms with Gasteiger partial charge in [0.25, 0.3) is 0 Å². The van der Waals surface area contributed by atoms with Crippen molar-refractivity contribution in [3.05, 3.63) is 98.9 Å². The number of benzene rings is 2. The van der Waals surface area contributed by atoms with E-state index >= 15 is 0 Å². The van der Waals surface area contributed by atoms with E-state index in [-0.39, 0.29) is 10.8 Å². The van der Waals surface area contributed by atoms with Crippen molar-refractivity contribution in [1.29, 1.82) is 0 Å². The standard InChI is InChI=1S/C34H39BN2O5/c1-8-10-30(26(9-2)24-11-12-29-25(19-24)20-36-42-35(29)39)40-23(5)27-17-21(3)18-28-31(38)22(4)33(41-32(27)28)37-15-13-34(6,7)14-16-37/h8-12,17-20,23,39H,2,13-16H2,1,3-7H3/b10-8-,30-26-. The molecule has 0 amide bonds. The van der Waals surface area contributed by atoms with Crippen molar-refractivity contribution in [1.82, 2.24) is 0 Å². The van der Waals surface area contributed by atoms with Gasteiger partial charge in [0.1, 0.15) is 17.4 Å². The molecule has 218 valence electrons. The van der Waals surface area contributed by atoms with E-state index in [9.17, 15) is 9.82 Å². The molecule has 0 saturated carbocycles. The van der Waals surface area contributed by atoms with Gasteiger partial charge in [-0.1, -0.05) is 44.7 Å². The fourth-order valence-corrected chi connectivity index (χ4v) is 5.71. The molecule has 8 heteroatoms. The van der Waals surface area contributed by atoms with Gasteiger partial charge >= 0.3 is 7.12 Å². The van der Waals surface area contributed by atoms with Crippen molar-refractivity contribution < 1.29 is 18.9 Å². The van der Waals surface area contributed by atoms with Crippen molar-refractivity contribution >= 4 is 41.2 Å². The number of oxime groups is 1. The van der Waals surface area contributed by atoms with Crippen molar-refractivity contribution in [2.45, 2.75) is 60.5 Å². The SMILES string of the molecule is C=C/C(=C(\C=C/C)OC(C)c1cc(C)cc2c(=O)c(C)c(N3CCC(C)(C)CC3)oc12)c1ccc2c(c1)C=NOB2O. The third kappa shape index (κ3) is 5.68. The van der Waals surface area contributed by atoms with E-state index in [2.05, 4.69) is 30.5 Å². The van der Waals surface area contributed by atoms with E-state index in [1.807, 2.05) is 70.2 Å². The second kappa shape index (κ2) is 11.7. The first-order valence-corrected chi connectivity index (χ1v) is 14.5. The Morgan fingerprint density at radius 2 is 1.95 bits per heavy atom. The molecule has 1 aromatic heterocycles. The van der Waals surface area contributed by atoms with E-state index in [0.717, 1.165) is 53.8 Å². The van der Waals surface area contributed by atoms with E-state index in [1.165, 1.54) is 0 Å². The van der Waals surface area contributed by atoms with Crippen LogP contribution in [0.4, 0.5) is 5.88 Å². The van der Waals surface area contributed by atoms with Gasteiger partial charge in [-0.2, -0.15) is 0 Å². The van der Waals surface area contributed by atoms with Gasteiger partial charge < -0.3 is 23.8 Å². The van der Waals surface area contributed by atoms with Gasteiger partial charge in [-0.25, -0.2) is 0 Å². The van der Waals surface area contributed by atoms with Crippen molar-refractivity contribution in [3.63, 3.8) is 0 Å². The van der Waals surface area contributed by atoms with Crippen LogP contribution in [0.3, 0.4) is 0 Å². The molecule has 1 atom stereocenters. The van der Waals surface area contributed by atoms with Crippen LogP contribution in [-0.2, 0) is 9.49 Å². The third-order valence-electron chi connectivity index (χ3n) is 8.32. The number of hydrogen-bond donors (Lipinski definition) is 1. The second-order valence-corrected chi connectivity index (χ2v) is 12.0. The van der Waals surface area contributed by atoms with E-state index in [0.29, 0.717) is 33.6 Å². The van der Waals surface area contributed by atoms with Gasteiger partial charge in [-0.15, -0.1) is 5.16 Å². The quantitative estimate of drug-likeness (QED) is 0.204. The van der Waals surface area contributed by atoms with Crippen molar-refractivity contribution in [2.75, 3.05) is 18.0 Å². The molecule has 0 spiro atoms. The number of ether oxygens (including phenoxy) is 1. The highest BCUT2D eigenvalue weighted by Crippen LogP contribution is 2.37. The molecule has 0 radical (unpaired) electrons. The lowest BCUT2D eigenvalue weighted by Gasteiger charge is -2.37. The number of anilines is 1. The average molecular weight is 567 g/mol. The van der Waals surface area contributed by atoms with Crippen LogP contribution in [0.5, 0.6) is 0 Å². The summed E-state index contributed by atoms with van der Waals surface area (Å²) in [5.74, 6) is 1.27. The maximum absolute atomic E-state index is 13.7. The highest BCUT2D eigenvalue weighted by atomic mass is 16.6. The molecule has 3 heterocycles. The summed E-state index contributed by atoms with van der Waals surface area (Å²) in [6.45, 7) is 18.1. The van der Waals surface area contributed by atoms with Crippen LogP contribution in [0.2, 0.25) is 0 Å². The molecule has 1 unspecified atom stereocenters. The van der Waals surface area contributed by atoms with Gasteiger partial charge in [0.15, 0.2) is 5.43 Å². The molecular formula is C34H39BN2O5. The first-order valence-electron chi connectivity index (χ1n) is 14.5. The predicted octanol–water partition coefficient (Wildman–Crippen LogP) is 6.34. The molecule has 2 aromatic carbocycles. The van der Waals surface area contributed by atoms with E-state index in [1.54, 1.807) is 12.3 Å². The maximum Gasteiger partial charge on any atom is 0.583 e. The molecule has 42 heavy (non-hydrogen) atoms. The Morgan fingerprint density at radius 3 is 2.64 bits per heavy atom. The summed E-state index contributed by atoms with van der Waals surface area (Å²) >= 11 is 0. The summed E-state index contributed by atoms with van der Waals surface area (Å²) in [5, 5.41) is 14.5. The summed E-state index contributed by atoms with van der Waals surface area (Å²) in [6.07, 6.45) is 8.78. The summed E-state index contributed by atoms with van der Waals surface area (Å²) in [4.78, 5) is 15.9. The van der Waals surface area contributed by atoms with E-state index < -0.39 is 13.2 Å². The molecule has 0 aliphatic carbocycles. The zero-order valence-corrected chi connectivity index (χ0v) is 25.4. The average Bonchev–Trinajstić information content (AvgIpc) is 2.95. The minimum atomic E-state index is -1.10. The Morgan fingerprint density at radius 1 is 1.21 bits per heavy atom. The molecule has 2 aliphatic rings. The number of nitrogens with zero attached hydrogens (tertiary/aromatic N) is 2. The van der Waals surface area contributed by atoms with Crippen LogP contribution < -0.4 is 15.8 Å². The molecule has 3 aromatic rings. The van der Waals surface area contributed by atoms with Crippen LogP contribution in [0.1, 0.15) is 74.5 Å². The van der Waals surface area contributed by atoms with Crippen LogP contribution >= 0.6 is 0 Å². The normalized spacial score (nSPS) is 17.6. The summed E-state index contributed by atoms with van der Waals surface area (Å²) in [5.41, 5.74) is 6.28. The zero-order valence-electron chi connectivity index (χ0n) is 25.4. The fraction of sp³-hybridized carbons (Fsp3) is 0.353. The van der Waals surface area contributed by atoms with Crippen LogP contribution in [0.25, 0.3) is 16.5 Å². The fourth-order valence-electron chi connectivity index (χ4n) is 5.71.